The van der Waals surface area contributed by atoms with Gasteiger partial charge in [0, 0.05) is 11.0 Å². The van der Waals surface area contributed by atoms with Crippen LogP contribution in [0.3, 0.4) is 0 Å². The lowest BCUT2D eigenvalue weighted by Crippen LogP contribution is -2.08. The Balaban J connectivity index is 2.04. The fourth-order valence-corrected chi connectivity index (χ4v) is 2.21. The van der Waals surface area contributed by atoms with Crippen LogP contribution in [0.15, 0.2) is 65.6 Å². The minimum atomic E-state index is -0.120. The first-order chi connectivity index (χ1) is 9.29. The molecule has 0 aliphatic heterocycles. The number of carbonyl (C=O) groups excluding carboxylic acids is 1. The summed E-state index contributed by atoms with van der Waals surface area (Å²) in [6.45, 7) is 0. The second-order valence-electron chi connectivity index (χ2n) is 3.93. The van der Waals surface area contributed by atoms with Gasteiger partial charge in [-0.2, -0.15) is 0 Å². The van der Waals surface area contributed by atoms with Gasteiger partial charge in [0.15, 0.2) is 0 Å². The van der Waals surface area contributed by atoms with Crippen LogP contribution < -0.4 is 5.32 Å². The van der Waals surface area contributed by atoms with Crippen LogP contribution in [0, 0.1) is 0 Å². The molecule has 0 unspecified atom stereocenters. The molecular formula is C16H15NOS. The summed E-state index contributed by atoms with van der Waals surface area (Å²) in [7, 11) is 0. The summed E-state index contributed by atoms with van der Waals surface area (Å²) in [5.41, 5.74) is 1.86. The van der Waals surface area contributed by atoms with E-state index in [4.69, 9.17) is 0 Å². The van der Waals surface area contributed by atoms with Crippen LogP contribution in [-0.4, -0.2) is 12.2 Å². The average molecular weight is 269 g/mol. The van der Waals surface area contributed by atoms with E-state index in [9.17, 15) is 4.79 Å². The molecule has 0 saturated carbocycles. The first kappa shape index (κ1) is 13.4. The molecule has 0 aromatic heterocycles. The molecule has 96 valence electrons. The summed E-state index contributed by atoms with van der Waals surface area (Å²) in [6.07, 6.45) is 5.34. The number of amides is 1. The molecule has 0 fully saturated rings. The number of carbonyl (C=O) groups is 1. The molecular weight excluding hydrogens is 254 g/mol. The Hall–Kier alpha value is -2.00. The number of anilines is 1. The summed E-state index contributed by atoms with van der Waals surface area (Å²) < 4.78 is 0. The van der Waals surface area contributed by atoms with Crippen molar-refractivity contribution in [2.24, 2.45) is 0 Å². The summed E-state index contributed by atoms with van der Waals surface area (Å²) in [4.78, 5) is 12.9. The minimum absolute atomic E-state index is 0.120. The quantitative estimate of drug-likeness (QED) is 0.670. The summed E-state index contributed by atoms with van der Waals surface area (Å²) >= 11 is 1.61. The van der Waals surface area contributed by atoms with Crippen LogP contribution in [0.2, 0.25) is 0 Å². The van der Waals surface area contributed by atoms with Gasteiger partial charge in [0.25, 0.3) is 0 Å². The Morgan fingerprint density at radius 1 is 1.05 bits per heavy atom. The topological polar surface area (TPSA) is 29.1 Å². The Kier molecular flexibility index (Phi) is 4.81. The third-order valence-electron chi connectivity index (χ3n) is 2.59. The predicted octanol–water partition coefficient (Wildman–Crippen LogP) is 4.06. The highest BCUT2D eigenvalue weighted by Gasteiger charge is 2.02. The van der Waals surface area contributed by atoms with Crippen molar-refractivity contribution in [3.05, 3.63) is 66.2 Å². The third kappa shape index (κ3) is 4.00. The molecule has 0 aliphatic carbocycles. The molecule has 3 heteroatoms. The van der Waals surface area contributed by atoms with Crippen molar-refractivity contribution in [2.45, 2.75) is 4.90 Å². The largest absolute Gasteiger partial charge is 0.321 e. The maximum atomic E-state index is 11.8. The van der Waals surface area contributed by atoms with E-state index in [-0.39, 0.29) is 5.91 Å². The van der Waals surface area contributed by atoms with Gasteiger partial charge in [-0.15, -0.1) is 11.8 Å². The first-order valence-corrected chi connectivity index (χ1v) is 7.19. The van der Waals surface area contributed by atoms with Crippen molar-refractivity contribution in [3.8, 4) is 0 Å². The van der Waals surface area contributed by atoms with Crippen molar-refractivity contribution in [2.75, 3.05) is 11.6 Å². The van der Waals surface area contributed by atoms with E-state index in [1.54, 1.807) is 23.9 Å². The SMILES string of the molecule is CSc1ccccc1NC(=O)/C=C/c1ccccc1. The van der Waals surface area contributed by atoms with E-state index in [1.165, 1.54) is 0 Å². The van der Waals surface area contributed by atoms with Crippen LogP contribution in [0.1, 0.15) is 5.56 Å². The van der Waals surface area contributed by atoms with Crippen LogP contribution in [0.5, 0.6) is 0 Å². The number of para-hydroxylation sites is 1. The second kappa shape index (κ2) is 6.81. The van der Waals surface area contributed by atoms with Gasteiger partial charge in [-0.05, 0) is 30.0 Å². The molecule has 2 aromatic rings. The van der Waals surface area contributed by atoms with Crippen molar-refractivity contribution >= 4 is 29.4 Å². The summed E-state index contributed by atoms with van der Waals surface area (Å²) in [6, 6.07) is 17.5. The molecule has 2 nitrogen and oxygen atoms in total. The normalized spacial score (nSPS) is 10.6. The standard InChI is InChI=1S/C16H15NOS/c1-19-15-10-6-5-9-14(15)17-16(18)12-11-13-7-3-2-4-8-13/h2-12H,1H3,(H,17,18)/b12-11+. The zero-order valence-corrected chi connectivity index (χ0v) is 11.5. The number of rotatable bonds is 4. The van der Waals surface area contributed by atoms with Gasteiger partial charge >= 0.3 is 0 Å². The van der Waals surface area contributed by atoms with Crippen molar-refractivity contribution in [1.82, 2.24) is 0 Å². The monoisotopic (exact) mass is 269 g/mol. The molecule has 0 saturated heterocycles. The van der Waals surface area contributed by atoms with E-state index >= 15 is 0 Å². The Morgan fingerprint density at radius 3 is 2.47 bits per heavy atom. The van der Waals surface area contributed by atoms with Gasteiger partial charge in [0.1, 0.15) is 0 Å². The number of hydrogen-bond acceptors (Lipinski definition) is 2. The van der Waals surface area contributed by atoms with Crippen molar-refractivity contribution < 1.29 is 4.79 Å². The molecule has 2 rings (SSSR count). The lowest BCUT2D eigenvalue weighted by Gasteiger charge is -2.06. The fraction of sp³-hybridized carbons (Fsp3) is 0.0625. The molecule has 19 heavy (non-hydrogen) atoms. The van der Waals surface area contributed by atoms with E-state index in [1.807, 2.05) is 60.9 Å². The van der Waals surface area contributed by atoms with Gasteiger partial charge in [-0.3, -0.25) is 4.79 Å². The van der Waals surface area contributed by atoms with E-state index in [0.717, 1.165) is 16.1 Å². The summed E-state index contributed by atoms with van der Waals surface area (Å²) in [5, 5.41) is 2.89. The molecule has 0 bridgehead atoms. The fourth-order valence-electron chi connectivity index (χ4n) is 1.66. The molecule has 0 heterocycles. The molecule has 0 spiro atoms. The van der Waals surface area contributed by atoms with Gasteiger partial charge in [-0.25, -0.2) is 0 Å². The second-order valence-corrected chi connectivity index (χ2v) is 4.78. The molecule has 1 amide bonds. The Bertz CT molecular complexity index is 578. The van der Waals surface area contributed by atoms with Gasteiger partial charge in [-0.1, -0.05) is 42.5 Å². The third-order valence-corrected chi connectivity index (χ3v) is 3.39. The highest BCUT2D eigenvalue weighted by molar-refractivity contribution is 7.98. The number of nitrogens with one attached hydrogen (secondary N) is 1. The van der Waals surface area contributed by atoms with Gasteiger partial charge in [0.05, 0.1) is 5.69 Å². The van der Waals surface area contributed by atoms with E-state index in [0.29, 0.717) is 0 Å². The number of benzene rings is 2. The van der Waals surface area contributed by atoms with E-state index < -0.39 is 0 Å². The van der Waals surface area contributed by atoms with Crippen LogP contribution in [0.25, 0.3) is 6.08 Å². The highest BCUT2D eigenvalue weighted by atomic mass is 32.2. The van der Waals surface area contributed by atoms with Gasteiger partial charge in [0.2, 0.25) is 5.91 Å². The molecule has 1 N–H and O–H groups in total. The Morgan fingerprint density at radius 2 is 1.74 bits per heavy atom. The van der Waals surface area contributed by atoms with Crippen molar-refractivity contribution in [3.63, 3.8) is 0 Å². The van der Waals surface area contributed by atoms with Crippen LogP contribution in [-0.2, 0) is 4.79 Å². The van der Waals surface area contributed by atoms with Crippen molar-refractivity contribution in [1.29, 1.82) is 0 Å². The van der Waals surface area contributed by atoms with E-state index in [2.05, 4.69) is 5.32 Å². The number of hydrogen-bond donors (Lipinski definition) is 1. The van der Waals surface area contributed by atoms with Crippen LogP contribution in [0.4, 0.5) is 5.69 Å². The maximum Gasteiger partial charge on any atom is 0.248 e. The smallest absolute Gasteiger partial charge is 0.248 e. The first-order valence-electron chi connectivity index (χ1n) is 5.97. The molecule has 0 radical (unpaired) electrons. The lowest BCUT2D eigenvalue weighted by atomic mass is 10.2. The molecule has 2 aromatic carbocycles. The average Bonchev–Trinajstić information content (AvgIpc) is 2.47. The lowest BCUT2D eigenvalue weighted by molar-refractivity contribution is -0.111. The van der Waals surface area contributed by atoms with Crippen LogP contribution >= 0.6 is 11.8 Å². The summed E-state index contributed by atoms with van der Waals surface area (Å²) in [5.74, 6) is -0.120. The van der Waals surface area contributed by atoms with Gasteiger partial charge < -0.3 is 5.32 Å². The zero-order chi connectivity index (χ0) is 13.5. The minimum Gasteiger partial charge on any atom is -0.321 e. The Labute approximate surface area is 117 Å². The molecule has 0 aliphatic rings. The maximum absolute atomic E-state index is 11.8. The predicted molar refractivity (Wildman–Crippen MR) is 82.3 cm³/mol. The number of thioether (sulfide) groups is 1. The highest BCUT2D eigenvalue weighted by Crippen LogP contribution is 2.24. The zero-order valence-electron chi connectivity index (χ0n) is 10.7. The molecule has 0 atom stereocenters.